The average molecular weight is 558 g/mol. The van der Waals surface area contributed by atoms with Gasteiger partial charge in [0.25, 0.3) is 0 Å². The third-order valence-electron chi connectivity index (χ3n) is 6.58. The second kappa shape index (κ2) is 11.9. The van der Waals surface area contributed by atoms with Crippen molar-refractivity contribution in [2.24, 2.45) is 0 Å². The minimum absolute atomic E-state index is 0.0161. The van der Waals surface area contributed by atoms with Gasteiger partial charge in [-0.3, -0.25) is 4.90 Å². The van der Waals surface area contributed by atoms with Gasteiger partial charge in [-0.05, 0) is 84.0 Å². The highest BCUT2D eigenvalue weighted by atomic mass is 35.5. The molecule has 0 bridgehead atoms. The van der Waals surface area contributed by atoms with Gasteiger partial charge in [0.05, 0.1) is 33.8 Å². The van der Waals surface area contributed by atoms with Gasteiger partial charge in [0.1, 0.15) is 10.8 Å². The molecule has 1 atom stereocenters. The molecule has 8 nitrogen and oxygen atoms in total. The fourth-order valence-corrected chi connectivity index (χ4v) is 5.87. The number of nitrogens with one attached hydrogen (secondary N) is 2. The number of nitrogens with zero attached hydrogens (tertiary/aromatic N) is 3. The van der Waals surface area contributed by atoms with Gasteiger partial charge >= 0.3 is 0 Å². The van der Waals surface area contributed by atoms with Gasteiger partial charge < -0.3 is 15.4 Å². The van der Waals surface area contributed by atoms with Crippen LogP contribution in [0.25, 0.3) is 0 Å². The Kier molecular flexibility index (Phi) is 8.80. The van der Waals surface area contributed by atoms with Gasteiger partial charge in [0, 0.05) is 6.04 Å². The van der Waals surface area contributed by atoms with Crippen molar-refractivity contribution in [1.82, 2.24) is 14.9 Å². The van der Waals surface area contributed by atoms with Crippen molar-refractivity contribution in [2.45, 2.75) is 69.2 Å². The minimum Gasteiger partial charge on any atom is -0.489 e. The molecule has 2 heterocycles. The number of sulfone groups is 1. The zero-order chi connectivity index (χ0) is 27.4. The van der Waals surface area contributed by atoms with Gasteiger partial charge in [-0.2, -0.15) is 4.98 Å². The second-order valence-corrected chi connectivity index (χ2v) is 13.0. The number of piperidine rings is 1. The Hall–Kier alpha value is -2.88. The van der Waals surface area contributed by atoms with E-state index in [1.54, 1.807) is 38.1 Å². The summed E-state index contributed by atoms with van der Waals surface area (Å²) in [6.07, 6.45) is 5.02. The molecular formula is C28H36ClN5O3S. The molecule has 204 valence electrons. The normalized spacial score (nSPS) is 16.6. The van der Waals surface area contributed by atoms with Crippen molar-refractivity contribution in [2.75, 3.05) is 24.2 Å². The Balaban J connectivity index is 1.63. The molecule has 2 N–H and O–H groups in total. The van der Waals surface area contributed by atoms with E-state index in [1.165, 1.54) is 24.6 Å². The molecule has 0 aliphatic carbocycles. The van der Waals surface area contributed by atoms with Crippen LogP contribution in [-0.4, -0.2) is 48.2 Å². The number of ether oxygens (including phenoxy) is 1. The van der Waals surface area contributed by atoms with E-state index in [1.807, 2.05) is 19.9 Å². The van der Waals surface area contributed by atoms with E-state index in [2.05, 4.69) is 44.7 Å². The van der Waals surface area contributed by atoms with Crippen molar-refractivity contribution in [3.8, 4) is 5.75 Å². The Morgan fingerprint density at radius 3 is 2.53 bits per heavy atom. The van der Waals surface area contributed by atoms with Gasteiger partial charge in [-0.15, -0.1) is 0 Å². The minimum atomic E-state index is -3.52. The second-order valence-electron chi connectivity index (χ2n) is 10.1. The van der Waals surface area contributed by atoms with Crippen LogP contribution >= 0.6 is 11.6 Å². The lowest BCUT2D eigenvalue weighted by Gasteiger charge is -2.33. The highest BCUT2D eigenvalue weighted by Gasteiger charge is 2.24. The molecule has 1 saturated heterocycles. The molecule has 0 saturated carbocycles. The van der Waals surface area contributed by atoms with Crippen LogP contribution in [0.3, 0.4) is 0 Å². The van der Waals surface area contributed by atoms with E-state index in [-0.39, 0.29) is 16.0 Å². The van der Waals surface area contributed by atoms with E-state index in [0.29, 0.717) is 23.5 Å². The lowest BCUT2D eigenvalue weighted by Crippen LogP contribution is -2.29. The molecule has 0 radical (unpaired) electrons. The van der Waals surface area contributed by atoms with Gasteiger partial charge in [0.2, 0.25) is 5.95 Å². The molecule has 1 aliphatic rings. The fourth-order valence-electron chi connectivity index (χ4n) is 4.53. The van der Waals surface area contributed by atoms with Crippen LogP contribution in [0, 0.1) is 0 Å². The highest BCUT2D eigenvalue weighted by molar-refractivity contribution is 7.92. The summed E-state index contributed by atoms with van der Waals surface area (Å²) < 4.78 is 31.9. The van der Waals surface area contributed by atoms with Crippen LogP contribution in [-0.2, 0) is 9.84 Å². The predicted molar refractivity (Wildman–Crippen MR) is 154 cm³/mol. The maximum Gasteiger partial charge on any atom is 0.229 e. The van der Waals surface area contributed by atoms with Gasteiger partial charge in [0.15, 0.2) is 15.7 Å². The lowest BCUT2D eigenvalue weighted by atomic mass is 9.95. The monoisotopic (exact) mass is 557 g/mol. The SMILES string of the molecule is CC(C)Oc1cc(C2CCCCN2C)ccc1Nc1ncc(Cl)c(Nc2ccccc2S(=O)(=O)C(C)C)n1. The third-order valence-corrected chi connectivity index (χ3v) is 9.07. The van der Waals surface area contributed by atoms with Crippen LogP contribution in [0.4, 0.5) is 23.1 Å². The Bertz CT molecular complexity index is 1380. The molecule has 1 unspecified atom stereocenters. The summed E-state index contributed by atoms with van der Waals surface area (Å²) in [4.78, 5) is 11.5. The quantitative estimate of drug-likeness (QED) is 0.298. The van der Waals surface area contributed by atoms with Crippen molar-refractivity contribution < 1.29 is 13.2 Å². The first-order chi connectivity index (χ1) is 18.1. The molecule has 0 amide bonds. The summed E-state index contributed by atoms with van der Waals surface area (Å²) >= 11 is 6.40. The molecular weight excluding hydrogens is 522 g/mol. The van der Waals surface area contributed by atoms with Crippen LogP contribution in [0.1, 0.15) is 58.6 Å². The smallest absolute Gasteiger partial charge is 0.229 e. The number of likely N-dealkylation sites (tertiary alicyclic amines) is 1. The predicted octanol–water partition coefficient (Wildman–Crippen LogP) is 6.74. The molecule has 1 aliphatic heterocycles. The Morgan fingerprint density at radius 1 is 1.05 bits per heavy atom. The molecule has 4 rings (SSSR count). The number of aromatic nitrogens is 2. The maximum absolute atomic E-state index is 12.9. The van der Waals surface area contributed by atoms with E-state index in [9.17, 15) is 8.42 Å². The Labute approximate surface area is 230 Å². The number of halogens is 1. The summed E-state index contributed by atoms with van der Waals surface area (Å²) in [6.45, 7) is 8.38. The van der Waals surface area contributed by atoms with E-state index in [4.69, 9.17) is 16.3 Å². The first-order valence-electron chi connectivity index (χ1n) is 13.0. The molecule has 1 aromatic heterocycles. The zero-order valence-electron chi connectivity index (χ0n) is 22.5. The summed E-state index contributed by atoms with van der Waals surface area (Å²) in [5.74, 6) is 1.32. The highest BCUT2D eigenvalue weighted by Crippen LogP contribution is 2.36. The van der Waals surface area contributed by atoms with Crippen molar-refractivity contribution in [3.63, 3.8) is 0 Å². The first-order valence-corrected chi connectivity index (χ1v) is 14.9. The van der Waals surface area contributed by atoms with Crippen LogP contribution in [0.15, 0.2) is 53.6 Å². The third kappa shape index (κ3) is 6.39. The largest absolute Gasteiger partial charge is 0.489 e. The summed E-state index contributed by atoms with van der Waals surface area (Å²) in [5, 5.41) is 6.05. The van der Waals surface area contributed by atoms with Crippen LogP contribution in [0.2, 0.25) is 5.02 Å². The maximum atomic E-state index is 12.9. The van der Waals surface area contributed by atoms with Crippen molar-refractivity contribution in [3.05, 3.63) is 59.2 Å². The standard InChI is InChI=1S/C28H36ClN5O3S/c1-18(2)37-25-16-20(24-11-8-9-15-34(24)5)13-14-22(25)32-28-30-17-21(29)27(33-28)31-23-10-6-7-12-26(23)38(35,36)19(3)4/h6-7,10,12-14,16-19,24H,8-9,11,15H2,1-5H3,(H2,30,31,32,33). The molecule has 1 fully saturated rings. The molecule has 38 heavy (non-hydrogen) atoms. The molecule has 3 aromatic rings. The number of para-hydroxylation sites is 1. The number of anilines is 4. The van der Waals surface area contributed by atoms with Crippen molar-refractivity contribution in [1.29, 1.82) is 0 Å². The number of rotatable bonds is 9. The summed E-state index contributed by atoms with van der Waals surface area (Å²) in [6, 6.07) is 13.3. The zero-order valence-corrected chi connectivity index (χ0v) is 24.1. The molecule has 10 heteroatoms. The summed E-state index contributed by atoms with van der Waals surface area (Å²) in [5.41, 5.74) is 2.35. The Morgan fingerprint density at radius 2 is 1.82 bits per heavy atom. The number of hydrogen-bond donors (Lipinski definition) is 2. The first kappa shape index (κ1) is 28.1. The van der Waals surface area contributed by atoms with Crippen molar-refractivity contribution >= 4 is 44.6 Å². The van der Waals surface area contributed by atoms with Crippen LogP contribution < -0.4 is 15.4 Å². The van der Waals surface area contributed by atoms with Crippen LogP contribution in [0.5, 0.6) is 5.75 Å². The average Bonchev–Trinajstić information content (AvgIpc) is 2.87. The topological polar surface area (TPSA) is 96.5 Å². The number of benzene rings is 2. The van der Waals surface area contributed by atoms with E-state index in [0.717, 1.165) is 24.4 Å². The van der Waals surface area contributed by atoms with Gasteiger partial charge in [-0.25, -0.2) is 13.4 Å². The van der Waals surface area contributed by atoms with E-state index < -0.39 is 15.1 Å². The van der Waals surface area contributed by atoms with E-state index >= 15 is 0 Å². The van der Waals surface area contributed by atoms with Gasteiger partial charge in [-0.1, -0.05) is 36.2 Å². The molecule has 2 aromatic carbocycles. The lowest BCUT2D eigenvalue weighted by molar-refractivity contribution is 0.186. The number of hydrogen-bond acceptors (Lipinski definition) is 8. The fraction of sp³-hybridized carbons (Fsp3) is 0.429. The summed E-state index contributed by atoms with van der Waals surface area (Å²) in [7, 11) is -1.35. The molecule has 0 spiro atoms.